The van der Waals surface area contributed by atoms with Gasteiger partial charge in [-0.25, -0.2) is 8.42 Å². The van der Waals surface area contributed by atoms with Gasteiger partial charge in [-0.1, -0.05) is 0 Å². The first-order valence-electron chi connectivity index (χ1n) is 6.03. The lowest BCUT2D eigenvalue weighted by molar-refractivity contribution is 0.0572. The Morgan fingerprint density at radius 2 is 2.21 bits per heavy atom. The average molecular weight is 349 g/mol. The van der Waals surface area contributed by atoms with Gasteiger partial charge in [0, 0.05) is 30.4 Å². The van der Waals surface area contributed by atoms with Gasteiger partial charge in [0.05, 0.1) is 11.0 Å². The molecule has 0 aromatic heterocycles. The Hall–Kier alpha value is -0.630. The lowest BCUT2D eigenvalue weighted by atomic mass is 10.1. The van der Waals surface area contributed by atoms with Crippen LogP contribution in [-0.4, -0.2) is 39.0 Å². The molecule has 1 aromatic carbocycles. The average Bonchev–Trinajstić information content (AvgIpc) is 2.41. The van der Waals surface area contributed by atoms with E-state index in [9.17, 15) is 8.42 Å². The second-order valence-electron chi connectivity index (χ2n) is 4.55. The molecule has 7 heteroatoms. The summed E-state index contributed by atoms with van der Waals surface area (Å²) >= 11 is 3.26. The van der Waals surface area contributed by atoms with E-state index in [-0.39, 0.29) is 11.0 Å². The van der Waals surface area contributed by atoms with Crippen LogP contribution in [0.5, 0.6) is 0 Å². The van der Waals surface area contributed by atoms with E-state index < -0.39 is 10.0 Å². The maximum atomic E-state index is 12.5. The van der Waals surface area contributed by atoms with Crippen LogP contribution in [0.15, 0.2) is 27.6 Å². The molecule has 1 heterocycles. The molecule has 1 unspecified atom stereocenters. The fraction of sp³-hybridized carbons (Fsp3) is 0.500. The first-order chi connectivity index (χ1) is 8.95. The minimum atomic E-state index is -3.48. The Bertz CT molecular complexity index is 562. The SMILES string of the molecule is COC1CCCN(S(=O)(=O)c2ccc(N)c(Br)c2)C1. The summed E-state index contributed by atoms with van der Waals surface area (Å²) in [5.41, 5.74) is 6.20. The number of sulfonamides is 1. The zero-order valence-electron chi connectivity index (χ0n) is 10.7. The summed E-state index contributed by atoms with van der Waals surface area (Å²) in [5, 5.41) is 0. The summed E-state index contributed by atoms with van der Waals surface area (Å²) in [6.45, 7) is 0.936. The van der Waals surface area contributed by atoms with Gasteiger partial charge in [-0.05, 0) is 47.0 Å². The van der Waals surface area contributed by atoms with E-state index in [1.165, 1.54) is 10.4 Å². The van der Waals surface area contributed by atoms with Crippen LogP contribution in [0.2, 0.25) is 0 Å². The number of ether oxygens (including phenoxy) is 1. The highest BCUT2D eigenvalue weighted by Crippen LogP contribution is 2.27. The quantitative estimate of drug-likeness (QED) is 0.845. The third-order valence-corrected chi connectivity index (χ3v) is 5.83. The van der Waals surface area contributed by atoms with Crippen molar-refractivity contribution >= 4 is 31.6 Å². The number of nitrogen functional groups attached to an aromatic ring is 1. The second-order valence-corrected chi connectivity index (χ2v) is 7.34. The number of piperidine rings is 1. The molecule has 2 rings (SSSR count). The summed E-state index contributed by atoms with van der Waals surface area (Å²) in [4.78, 5) is 0.255. The van der Waals surface area contributed by atoms with Crippen LogP contribution in [0, 0.1) is 0 Å². The maximum absolute atomic E-state index is 12.5. The summed E-state index contributed by atoms with van der Waals surface area (Å²) in [7, 11) is -1.86. The van der Waals surface area contributed by atoms with E-state index in [0.29, 0.717) is 23.2 Å². The molecule has 0 amide bonds. The van der Waals surface area contributed by atoms with Gasteiger partial charge in [0.1, 0.15) is 0 Å². The van der Waals surface area contributed by atoms with E-state index in [1.54, 1.807) is 19.2 Å². The zero-order valence-corrected chi connectivity index (χ0v) is 13.1. The molecule has 1 aromatic rings. The van der Waals surface area contributed by atoms with Gasteiger partial charge in [0.2, 0.25) is 10.0 Å². The van der Waals surface area contributed by atoms with Crippen molar-refractivity contribution in [1.29, 1.82) is 0 Å². The van der Waals surface area contributed by atoms with E-state index in [1.807, 2.05) is 0 Å². The van der Waals surface area contributed by atoms with Gasteiger partial charge < -0.3 is 10.5 Å². The molecule has 1 fully saturated rings. The van der Waals surface area contributed by atoms with Crippen molar-refractivity contribution in [3.8, 4) is 0 Å². The second kappa shape index (κ2) is 5.78. The van der Waals surface area contributed by atoms with Crippen LogP contribution in [0.3, 0.4) is 0 Å². The first-order valence-corrected chi connectivity index (χ1v) is 8.26. The summed E-state index contributed by atoms with van der Waals surface area (Å²) < 4.78 is 32.4. The minimum absolute atomic E-state index is 0.0271. The summed E-state index contributed by atoms with van der Waals surface area (Å²) in [6, 6.07) is 4.67. The summed E-state index contributed by atoms with van der Waals surface area (Å²) in [6.07, 6.45) is 1.68. The Kier molecular flexibility index (Phi) is 4.50. The van der Waals surface area contributed by atoms with Crippen molar-refractivity contribution in [2.45, 2.75) is 23.8 Å². The Balaban J connectivity index is 2.28. The van der Waals surface area contributed by atoms with Crippen LogP contribution in [0.1, 0.15) is 12.8 Å². The Morgan fingerprint density at radius 3 is 2.84 bits per heavy atom. The lowest BCUT2D eigenvalue weighted by Gasteiger charge is -2.31. The monoisotopic (exact) mass is 348 g/mol. The van der Waals surface area contributed by atoms with E-state index in [2.05, 4.69) is 15.9 Å². The van der Waals surface area contributed by atoms with E-state index >= 15 is 0 Å². The topological polar surface area (TPSA) is 72.6 Å². The van der Waals surface area contributed by atoms with Gasteiger partial charge >= 0.3 is 0 Å². The molecule has 1 aliphatic heterocycles. The molecule has 5 nitrogen and oxygen atoms in total. The molecule has 106 valence electrons. The van der Waals surface area contributed by atoms with Crippen molar-refractivity contribution in [3.63, 3.8) is 0 Å². The molecule has 19 heavy (non-hydrogen) atoms. The number of methoxy groups -OCH3 is 1. The van der Waals surface area contributed by atoms with Gasteiger partial charge in [0.25, 0.3) is 0 Å². The molecule has 2 N–H and O–H groups in total. The van der Waals surface area contributed by atoms with Crippen molar-refractivity contribution in [2.24, 2.45) is 0 Å². The molecule has 0 spiro atoms. The third kappa shape index (κ3) is 3.10. The van der Waals surface area contributed by atoms with Crippen molar-refractivity contribution in [1.82, 2.24) is 4.31 Å². The van der Waals surface area contributed by atoms with Gasteiger partial charge in [-0.15, -0.1) is 0 Å². The summed E-state index contributed by atoms with van der Waals surface area (Å²) in [5.74, 6) is 0. The molecule has 0 saturated carbocycles. The lowest BCUT2D eigenvalue weighted by Crippen LogP contribution is -2.42. The number of halogens is 1. The molecular formula is C12H17BrN2O3S. The fourth-order valence-corrected chi connectivity index (χ4v) is 4.20. The molecular weight excluding hydrogens is 332 g/mol. The molecule has 1 atom stereocenters. The highest BCUT2D eigenvalue weighted by molar-refractivity contribution is 9.10. The molecule has 1 aliphatic rings. The first kappa shape index (κ1) is 14.8. The van der Waals surface area contributed by atoms with Crippen molar-refractivity contribution < 1.29 is 13.2 Å². The van der Waals surface area contributed by atoms with Crippen LogP contribution in [-0.2, 0) is 14.8 Å². The zero-order chi connectivity index (χ0) is 14.0. The van der Waals surface area contributed by atoms with Crippen molar-refractivity contribution in [2.75, 3.05) is 25.9 Å². The van der Waals surface area contributed by atoms with Crippen LogP contribution in [0.25, 0.3) is 0 Å². The Labute approximate surface area is 121 Å². The molecule has 0 aliphatic carbocycles. The van der Waals surface area contributed by atoms with Gasteiger partial charge in [-0.3, -0.25) is 0 Å². The number of nitrogens with zero attached hydrogens (tertiary/aromatic N) is 1. The van der Waals surface area contributed by atoms with Crippen LogP contribution >= 0.6 is 15.9 Å². The number of nitrogens with two attached hydrogens (primary N) is 1. The molecule has 0 radical (unpaired) electrons. The minimum Gasteiger partial charge on any atom is -0.398 e. The normalized spacial score (nSPS) is 21.5. The highest BCUT2D eigenvalue weighted by Gasteiger charge is 2.30. The number of benzene rings is 1. The predicted octanol–water partition coefficient (Wildman–Crippen LogP) is 1.83. The highest BCUT2D eigenvalue weighted by atomic mass is 79.9. The Morgan fingerprint density at radius 1 is 1.47 bits per heavy atom. The van der Waals surface area contributed by atoms with Gasteiger partial charge in [0.15, 0.2) is 0 Å². The molecule has 0 bridgehead atoms. The van der Waals surface area contributed by atoms with Crippen LogP contribution < -0.4 is 5.73 Å². The van der Waals surface area contributed by atoms with E-state index in [4.69, 9.17) is 10.5 Å². The van der Waals surface area contributed by atoms with E-state index in [0.717, 1.165) is 12.8 Å². The smallest absolute Gasteiger partial charge is 0.243 e. The number of rotatable bonds is 3. The standard InChI is InChI=1S/C12H17BrN2O3S/c1-18-9-3-2-6-15(8-9)19(16,17)10-4-5-12(14)11(13)7-10/h4-5,7,9H,2-3,6,8,14H2,1H3. The van der Waals surface area contributed by atoms with Gasteiger partial charge in [-0.2, -0.15) is 4.31 Å². The van der Waals surface area contributed by atoms with Crippen LogP contribution in [0.4, 0.5) is 5.69 Å². The number of hydrogen-bond acceptors (Lipinski definition) is 4. The molecule has 1 saturated heterocycles. The number of hydrogen-bond donors (Lipinski definition) is 1. The fourth-order valence-electron chi connectivity index (χ4n) is 2.13. The predicted molar refractivity (Wildman–Crippen MR) is 77.3 cm³/mol. The maximum Gasteiger partial charge on any atom is 0.243 e. The van der Waals surface area contributed by atoms with Crippen molar-refractivity contribution in [3.05, 3.63) is 22.7 Å². The largest absolute Gasteiger partial charge is 0.398 e. The number of anilines is 1. The third-order valence-electron chi connectivity index (χ3n) is 3.28.